The molecule has 1 unspecified atom stereocenters. The molecule has 1 atom stereocenters. The van der Waals surface area contributed by atoms with Gasteiger partial charge < -0.3 is 16.0 Å². The minimum atomic E-state index is -0.406. The summed E-state index contributed by atoms with van der Waals surface area (Å²) in [5.74, 6) is 0.433. The summed E-state index contributed by atoms with van der Waals surface area (Å²) in [4.78, 5) is 16.3. The third-order valence-corrected chi connectivity index (χ3v) is 3.74. The highest BCUT2D eigenvalue weighted by atomic mass is 19.1. The van der Waals surface area contributed by atoms with Crippen molar-refractivity contribution in [2.24, 2.45) is 10.4 Å². The van der Waals surface area contributed by atoms with Gasteiger partial charge in [-0.2, -0.15) is 0 Å². The molecule has 0 aromatic heterocycles. The molecule has 0 fully saturated rings. The highest BCUT2D eigenvalue weighted by Crippen LogP contribution is 2.16. The average molecular weight is 350 g/mol. The Bertz CT molecular complexity index is 608. The van der Waals surface area contributed by atoms with E-state index >= 15 is 0 Å². The van der Waals surface area contributed by atoms with E-state index in [2.05, 4.69) is 20.9 Å². The second-order valence-electron chi connectivity index (χ2n) is 7.14. The maximum Gasteiger partial charge on any atom is 0.225 e. The topological polar surface area (TPSA) is 65.5 Å². The Hall–Kier alpha value is -2.11. The molecular formula is C19H31FN4O. The van der Waals surface area contributed by atoms with Crippen LogP contribution in [-0.4, -0.2) is 31.5 Å². The summed E-state index contributed by atoms with van der Waals surface area (Å²) < 4.78 is 13.7. The first-order valence-corrected chi connectivity index (χ1v) is 8.74. The maximum atomic E-state index is 13.7. The van der Waals surface area contributed by atoms with Crippen molar-refractivity contribution in [3.05, 3.63) is 35.1 Å². The van der Waals surface area contributed by atoms with Crippen molar-refractivity contribution in [1.29, 1.82) is 0 Å². The van der Waals surface area contributed by atoms with Crippen molar-refractivity contribution in [3.63, 3.8) is 0 Å². The minimum absolute atomic E-state index is 0.00385. The van der Waals surface area contributed by atoms with Crippen LogP contribution in [-0.2, 0) is 4.79 Å². The Morgan fingerprint density at radius 1 is 1.28 bits per heavy atom. The molecule has 1 rings (SSSR count). The van der Waals surface area contributed by atoms with Gasteiger partial charge in [0, 0.05) is 18.5 Å². The summed E-state index contributed by atoms with van der Waals surface area (Å²) >= 11 is 0. The van der Waals surface area contributed by atoms with Crippen molar-refractivity contribution in [2.45, 2.75) is 47.6 Å². The number of nitrogens with one attached hydrogen (secondary N) is 3. The van der Waals surface area contributed by atoms with E-state index in [0.29, 0.717) is 24.6 Å². The summed E-state index contributed by atoms with van der Waals surface area (Å²) in [5.41, 5.74) is 1.08. The summed E-state index contributed by atoms with van der Waals surface area (Å²) in [6.45, 7) is 13.0. The summed E-state index contributed by atoms with van der Waals surface area (Å²) in [5, 5.41) is 9.29. The number of carbonyl (C=O) groups excluding carboxylic acids is 1. The van der Waals surface area contributed by atoms with Crippen LogP contribution in [0.15, 0.2) is 23.2 Å². The van der Waals surface area contributed by atoms with Gasteiger partial charge in [-0.05, 0) is 38.0 Å². The molecule has 0 spiro atoms. The zero-order valence-electron chi connectivity index (χ0n) is 16.2. The molecule has 0 bridgehead atoms. The van der Waals surface area contributed by atoms with E-state index in [9.17, 15) is 9.18 Å². The highest BCUT2D eigenvalue weighted by Gasteiger charge is 2.20. The van der Waals surface area contributed by atoms with Crippen LogP contribution < -0.4 is 16.0 Å². The first kappa shape index (κ1) is 20.9. The number of aryl methyl sites for hydroxylation is 1. The Labute approximate surface area is 150 Å². The van der Waals surface area contributed by atoms with E-state index in [0.717, 1.165) is 12.1 Å². The smallest absolute Gasteiger partial charge is 0.225 e. The molecule has 0 saturated carbocycles. The summed E-state index contributed by atoms with van der Waals surface area (Å²) in [7, 11) is 0. The zero-order chi connectivity index (χ0) is 19.0. The maximum absolute atomic E-state index is 13.7. The van der Waals surface area contributed by atoms with Gasteiger partial charge in [0.1, 0.15) is 5.82 Å². The highest BCUT2D eigenvalue weighted by molar-refractivity contribution is 5.81. The Morgan fingerprint density at radius 2 is 1.96 bits per heavy atom. The molecule has 1 amide bonds. The molecule has 0 radical (unpaired) electrons. The van der Waals surface area contributed by atoms with Gasteiger partial charge in [-0.25, -0.2) is 4.39 Å². The van der Waals surface area contributed by atoms with E-state index in [4.69, 9.17) is 0 Å². The van der Waals surface area contributed by atoms with Gasteiger partial charge in [0.05, 0.1) is 12.6 Å². The fourth-order valence-corrected chi connectivity index (χ4v) is 2.09. The molecule has 0 aliphatic rings. The number of amides is 1. The second kappa shape index (κ2) is 9.39. The minimum Gasteiger partial charge on any atom is -0.357 e. The van der Waals surface area contributed by atoms with E-state index in [-0.39, 0.29) is 17.8 Å². The first-order chi connectivity index (χ1) is 11.6. The van der Waals surface area contributed by atoms with Crippen LogP contribution in [0, 0.1) is 18.2 Å². The fraction of sp³-hybridized carbons (Fsp3) is 0.579. The summed E-state index contributed by atoms with van der Waals surface area (Å²) in [6, 6.07) is 5.13. The molecule has 0 aliphatic heterocycles. The van der Waals surface area contributed by atoms with Crippen LogP contribution in [0.1, 0.15) is 51.8 Å². The van der Waals surface area contributed by atoms with Gasteiger partial charge in [-0.1, -0.05) is 32.9 Å². The molecule has 0 aliphatic carbocycles. The molecule has 25 heavy (non-hydrogen) atoms. The van der Waals surface area contributed by atoms with E-state index in [1.165, 1.54) is 0 Å². The van der Waals surface area contributed by atoms with Crippen LogP contribution in [0.2, 0.25) is 0 Å². The van der Waals surface area contributed by atoms with Gasteiger partial charge in [-0.15, -0.1) is 0 Å². The fourth-order valence-electron chi connectivity index (χ4n) is 2.09. The molecule has 0 heterocycles. The second-order valence-corrected chi connectivity index (χ2v) is 7.14. The van der Waals surface area contributed by atoms with Gasteiger partial charge in [-0.3, -0.25) is 9.79 Å². The van der Waals surface area contributed by atoms with Gasteiger partial charge in [0.25, 0.3) is 0 Å². The Balaban J connectivity index is 2.63. The number of halogens is 1. The SMILES string of the molecule is CCNC(=NCCNC(=O)C(C)(C)C)NC(C)c1ccc(C)c(F)c1. The molecule has 5 nitrogen and oxygen atoms in total. The van der Waals surface area contributed by atoms with Crippen LogP contribution in [0.3, 0.4) is 0 Å². The molecule has 140 valence electrons. The molecule has 6 heteroatoms. The molecular weight excluding hydrogens is 319 g/mol. The van der Waals surface area contributed by atoms with Crippen molar-refractivity contribution >= 4 is 11.9 Å². The quantitative estimate of drug-likeness (QED) is 0.420. The zero-order valence-corrected chi connectivity index (χ0v) is 16.2. The van der Waals surface area contributed by atoms with Crippen molar-refractivity contribution in [2.75, 3.05) is 19.6 Å². The number of carbonyl (C=O) groups is 1. The summed E-state index contributed by atoms with van der Waals surface area (Å²) in [6.07, 6.45) is 0. The lowest BCUT2D eigenvalue weighted by Crippen LogP contribution is -2.40. The van der Waals surface area contributed by atoms with Gasteiger partial charge in [0.15, 0.2) is 5.96 Å². The molecule has 0 saturated heterocycles. The average Bonchev–Trinajstić information content (AvgIpc) is 2.52. The van der Waals surface area contributed by atoms with Crippen LogP contribution >= 0.6 is 0 Å². The largest absolute Gasteiger partial charge is 0.357 e. The lowest BCUT2D eigenvalue weighted by Gasteiger charge is -2.19. The van der Waals surface area contributed by atoms with E-state index < -0.39 is 5.41 Å². The van der Waals surface area contributed by atoms with Crippen molar-refractivity contribution in [3.8, 4) is 0 Å². The Morgan fingerprint density at radius 3 is 2.52 bits per heavy atom. The lowest BCUT2D eigenvalue weighted by atomic mass is 9.96. The van der Waals surface area contributed by atoms with Crippen molar-refractivity contribution < 1.29 is 9.18 Å². The third kappa shape index (κ3) is 7.11. The predicted octanol–water partition coefficient (Wildman–Crippen LogP) is 2.91. The molecule has 1 aromatic rings. The van der Waals surface area contributed by atoms with Crippen LogP contribution in [0.25, 0.3) is 0 Å². The Kier molecular flexibility index (Phi) is 7.87. The number of benzene rings is 1. The third-order valence-electron chi connectivity index (χ3n) is 3.74. The lowest BCUT2D eigenvalue weighted by molar-refractivity contribution is -0.128. The molecule has 3 N–H and O–H groups in total. The number of aliphatic imine (C=N–C) groups is 1. The standard InChI is InChI=1S/C19H31FN4O/c1-7-21-18(23-11-10-22-17(25)19(4,5)6)24-14(3)15-9-8-13(2)16(20)12-15/h8-9,12,14H,7,10-11H2,1-6H3,(H,22,25)(H2,21,23,24). The number of rotatable bonds is 6. The van der Waals surface area contributed by atoms with Crippen LogP contribution in [0.5, 0.6) is 0 Å². The monoisotopic (exact) mass is 350 g/mol. The normalized spacial score (nSPS) is 13.3. The number of hydrogen-bond donors (Lipinski definition) is 3. The molecule has 1 aromatic carbocycles. The van der Waals surface area contributed by atoms with Gasteiger partial charge in [0.2, 0.25) is 5.91 Å². The number of guanidine groups is 1. The van der Waals surface area contributed by atoms with E-state index in [1.807, 2.05) is 40.7 Å². The van der Waals surface area contributed by atoms with Crippen LogP contribution in [0.4, 0.5) is 4.39 Å². The first-order valence-electron chi connectivity index (χ1n) is 8.74. The van der Waals surface area contributed by atoms with E-state index in [1.54, 1.807) is 19.1 Å². The number of hydrogen-bond acceptors (Lipinski definition) is 2. The number of nitrogens with zero attached hydrogens (tertiary/aromatic N) is 1. The van der Waals surface area contributed by atoms with Gasteiger partial charge >= 0.3 is 0 Å². The van der Waals surface area contributed by atoms with Crippen molar-refractivity contribution in [1.82, 2.24) is 16.0 Å². The predicted molar refractivity (Wildman–Crippen MR) is 101 cm³/mol.